The van der Waals surface area contributed by atoms with Gasteiger partial charge in [0, 0.05) is 12.6 Å². The van der Waals surface area contributed by atoms with Gasteiger partial charge in [-0.05, 0) is 64.2 Å². The number of benzene rings is 2. The van der Waals surface area contributed by atoms with Gasteiger partial charge >= 0.3 is 0 Å². The maximum Gasteiger partial charge on any atom is 0.193 e. The number of halogens is 1. The van der Waals surface area contributed by atoms with Gasteiger partial charge in [-0.2, -0.15) is 0 Å². The number of aliphatic imine (C=N–C) groups is 1. The maximum atomic E-state index is 6.09. The number of guanidine groups is 1. The first-order valence-electron chi connectivity index (χ1n) is 10.3. The maximum absolute atomic E-state index is 6.09. The summed E-state index contributed by atoms with van der Waals surface area (Å²) in [6, 6.07) is 13.5. The summed E-state index contributed by atoms with van der Waals surface area (Å²) in [6.07, 6.45) is 0.996. The summed E-state index contributed by atoms with van der Waals surface area (Å²) in [5, 5.41) is 3.11. The van der Waals surface area contributed by atoms with Crippen LogP contribution in [0.2, 0.25) is 0 Å². The van der Waals surface area contributed by atoms with Crippen molar-refractivity contribution in [3.63, 3.8) is 0 Å². The Morgan fingerprint density at radius 3 is 2.29 bits per heavy atom. The van der Waals surface area contributed by atoms with Crippen molar-refractivity contribution in [1.82, 2.24) is 4.90 Å². The average Bonchev–Trinajstić information content (AvgIpc) is 2.72. The SMILES string of the molecule is CCOc1ccc(OCC)c(NC(N)=NCc2ccc(OCCCN(C)C)cc2)c1.I. The Balaban J connectivity index is 0.00000480. The standard InChI is InChI=1S/C23H34N4O3.HI/c1-5-28-20-12-13-22(29-6-2)21(16-20)26-23(24)25-17-18-8-10-19(11-9-18)30-15-7-14-27(3)4;/h8-13,16H,5-7,14-15,17H2,1-4H3,(H3,24,25,26);1H. The minimum absolute atomic E-state index is 0. The van der Waals surface area contributed by atoms with Crippen molar-refractivity contribution in [2.24, 2.45) is 10.7 Å². The van der Waals surface area contributed by atoms with E-state index in [1.165, 1.54) is 0 Å². The zero-order chi connectivity index (χ0) is 21.8. The first-order valence-corrected chi connectivity index (χ1v) is 10.3. The molecule has 0 aliphatic carbocycles. The third-order valence-electron chi connectivity index (χ3n) is 4.20. The molecular weight excluding hydrogens is 507 g/mol. The van der Waals surface area contributed by atoms with Crippen LogP contribution >= 0.6 is 24.0 Å². The molecule has 2 rings (SSSR count). The number of ether oxygens (including phenoxy) is 3. The quantitative estimate of drug-likeness (QED) is 0.180. The molecule has 0 aliphatic heterocycles. The zero-order valence-corrected chi connectivity index (χ0v) is 21.2. The van der Waals surface area contributed by atoms with Gasteiger partial charge in [0.2, 0.25) is 0 Å². The van der Waals surface area contributed by atoms with E-state index in [9.17, 15) is 0 Å². The molecule has 0 radical (unpaired) electrons. The molecule has 0 amide bonds. The van der Waals surface area contributed by atoms with Crippen LogP contribution in [0, 0.1) is 0 Å². The fourth-order valence-electron chi connectivity index (χ4n) is 2.76. The molecule has 2 aromatic carbocycles. The lowest BCUT2D eigenvalue weighted by Gasteiger charge is -2.14. The van der Waals surface area contributed by atoms with Crippen LogP contribution in [-0.2, 0) is 6.54 Å². The zero-order valence-electron chi connectivity index (χ0n) is 18.9. The molecule has 0 heterocycles. The molecule has 0 aliphatic rings. The highest BCUT2D eigenvalue weighted by Gasteiger charge is 2.07. The molecule has 8 heteroatoms. The predicted octanol–water partition coefficient (Wildman–Crippen LogP) is 4.36. The van der Waals surface area contributed by atoms with E-state index < -0.39 is 0 Å². The molecule has 0 saturated heterocycles. The number of hydrogen-bond acceptors (Lipinski definition) is 5. The third kappa shape index (κ3) is 10.1. The predicted molar refractivity (Wildman–Crippen MR) is 138 cm³/mol. The van der Waals surface area contributed by atoms with Crippen LogP contribution in [0.15, 0.2) is 47.5 Å². The van der Waals surface area contributed by atoms with Crippen LogP contribution in [-0.4, -0.2) is 51.3 Å². The van der Waals surface area contributed by atoms with Crippen molar-refractivity contribution in [2.45, 2.75) is 26.8 Å². The lowest BCUT2D eigenvalue weighted by molar-refractivity contribution is 0.281. The Kier molecular flexibility index (Phi) is 12.8. The first kappa shape index (κ1) is 26.8. The highest BCUT2D eigenvalue weighted by atomic mass is 127. The van der Waals surface area contributed by atoms with Crippen molar-refractivity contribution < 1.29 is 14.2 Å². The van der Waals surface area contributed by atoms with Gasteiger partial charge in [-0.3, -0.25) is 0 Å². The van der Waals surface area contributed by atoms with E-state index in [1.54, 1.807) is 0 Å². The third-order valence-corrected chi connectivity index (χ3v) is 4.20. The average molecular weight is 542 g/mol. The molecule has 0 atom stereocenters. The van der Waals surface area contributed by atoms with Gasteiger partial charge in [0.15, 0.2) is 5.96 Å². The second-order valence-electron chi connectivity index (χ2n) is 7.00. The summed E-state index contributed by atoms with van der Waals surface area (Å²) in [6.45, 7) is 7.21. The van der Waals surface area contributed by atoms with Crippen LogP contribution in [0.5, 0.6) is 17.2 Å². The largest absolute Gasteiger partial charge is 0.494 e. The van der Waals surface area contributed by atoms with Crippen molar-refractivity contribution in [1.29, 1.82) is 0 Å². The Bertz CT molecular complexity index is 798. The monoisotopic (exact) mass is 542 g/mol. The Morgan fingerprint density at radius 2 is 1.65 bits per heavy atom. The highest BCUT2D eigenvalue weighted by molar-refractivity contribution is 14.0. The van der Waals surface area contributed by atoms with Crippen LogP contribution in [0.25, 0.3) is 0 Å². The van der Waals surface area contributed by atoms with Gasteiger partial charge < -0.3 is 30.2 Å². The number of nitrogens with zero attached hydrogens (tertiary/aromatic N) is 2. The van der Waals surface area contributed by atoms with Crippen LogP contribution < -0.4 is 25.3 Å². The van der Waals surface area contributed by atoms with E-state index in [0.717, 1.165) is 35.7 Å². The number of hydrogen-bond donors (Lipinski definition) is 2. The minimum atomic E-state index is 0. The lowest BCUT2D eigenvalue weighted by Crippen LogP contribution is -2.23. The van der Waals surface area contributed by atoms with Gasteiger partial charge in [-0.25, -0.2) is 4.99 Å². The molecule has 0 saturated carbocycles. The molecule has 0 spiro atoms. The topological polar surface area (TPSA) is 81.3 Å². The molecule has 7 nitrogen and oxygen atoms in total. The number of nitrogens with one attached hydrogen (secondary N) is 1. The van der Waals surface area contributed by atoms with Crippen molar-refractivity contribution in [3.05, 3.63) is 48.0 Å². The van der Waals surface area contributed by atoms with E-state index in [1.807, 2.05) is 56.3 Å². The molecular formula is C23H35IN4O3. The Hall–Kier alpha value is -2.20. The second kappa shape index (κ2) is 14.7. The smallest absolute Gasteiger partial charge is 0.193 e. The Labute approximate surface area is 203 Å². The number of anilines is 1. The summed E-state index contributed by atoms with van der Waals surface area (Å²) in [5.74, 6) is 2.63. The van der Waals surface area contributed by atoms with E-state index >= 15 is 0 Å². The van der Waals surface area contributed by atoms with E-state index in [0.29, 0.717) is 38.1 Å². The highest BCUT2D eigenvalue weighted by Crippen LogP contribution is 2.29. The summed E-state index contributed by atoms with van der Waals surface area (Å²) in [5.41, 5.74) is 7.87. The lowest BCUT2D eigenvalue weighted by atomic mass is 10.2. The molecule has 0 aromatic heterocycles. The summed E-state index contributed by atoms with van der Waals surface area (Å²) in [7, 11) is 4.12. The van der Waals surface area contributed by atoms with Gasteiger partial charge in [0.05, 0.1) is 32.1 Å². The minimum Gasteiger partial charge on any atom is -0.494 e. The normalized spacial score (nSPS) is 11.1. The van der Waals surface area contributed by atoms with Crippen molar-refractivity contribution >= 4 is 35.6 Å². The van der Waals surface area contributed by atoms with Crippen LogP contribution in [0.4, 0.5) is 5.69 Å². The summed E-state index contributed by atoms with van der Waals surface area (Å²) >= 11 is 0. The van der Waals surface area contributed by atoms with E-state index in [4.69, 9.17) is 19.9 Å². The van der Waals surface area contributed by atoms with Crippen LogP contribution in [0.1, 0.15) is 25.8 Å². The first-order chi connectivity index (χ1) is 14.5. The number of rotatable bonds is 12. The van der Waals surface area contributed by atoms with Gasteiger partial charge in [-0.15, -0.1) is 24.0 Å². The Morgan fingerprint density at radius 1 is 0.968 bits per heavy atom. The van der Waals surface area contributed by atoms with Gasteiger partial charge in [0.1, 0.15) is 17.2 Å². The molecule has 3 N–H and O–H groups in total. The fraction of sp³-hybridized carbons (Fsp3) is 0.435. The second-order valence-corrected chi connectivity index (χ2v) is 7.00. The number of nitrogens with two attached hydrogens (primary N) is 1. The summed E-state index contributed by atoms with van der Waals surface area (Å²) < 4.78 is 17.0. The van der Waals surface area contributed by atoms with Crippen LogP contribution in [0.3, 0.4) is 0 Å². The molecule has 172 valence electrons. The van der Waals surface area contributed by atoms with E-state index in [-0.39, 0.29) is 24.0 Å². The van der Waals surface area contributed by atoms with Gasteiger partial charge in [0.25, 0.3) is 0 Å². The molecule has 0 bridgehead atoms. The molecule has 0 unspecified atom stereocenters. The van der Waals surface area contributed by atoms with Crippen molar-refractivity contribution in [2.75, 3.05) is 45.8 Å². The summed E-state index contributed by atoms with van der Waals surface area (Å²) in [4.78, 5) is 6.58. The fourth-order valence-corrected chi connectivity index (χ4v) is 2.76. The van der Waals surface area contributed by atoms with Crippen molar-refractivity contribution in [3.8, 4) is 17.2 Å². The van der Waals surface area contributed by atoms with E-state index in [2.05, 4.69) is 29.3 Å². The molecule has 0 fully saturated rings. The molecule has 2 aromatic rings. The molecule has 31 heavy (non-hydrogen) atoms. The van der Waals surface area contributed by atoms with Gasteiger partial charge in [-0.1, -0.05) is 12.1 Å².